The average Bonchev–Trinajstić information content (AvgIpc) is 3.33. The molecule has 5 rings (SSSR count). The molecule has 2 aliphatic heterocycles. The summed E-state index contributed by atoms with van der Waals surface area (Å²) in [6, 6.07) is 11.5. The first-order chi connectivity index (χ1) is 15.8. The highest BCUT2D eigenvalue weighted by atomic mass is 35.5. The van der Waals surface area contributed by atoms with Gasteiger partial charge in [0.2, 0.25) is 5.91 Å². The Hall–Kier alpha value is -3.23. The van der Waals surface area contributed by atoms with Crippen molar-refractivity contribution in [3.05, 3.63) is 68.6 Å². The van der Waals surface area contributed by atoms with Gasteiger partial charge in [-0.1, -0.05) is 29.8 Å². The molecule has 2 atom stereocenters. The van der Waals surface area contributed by atoms with Gasteiger partial charge in [-0.15, -0.1) is 11.3 Å². The minimum Gasteiger partial charge on any atom is -0.346 e. The molecule has 0 aliphatic carbocycles. The molecule has 0 radical (unpaired) electrons. The third kappa shape index (κ3) is 3.89. The van der Waals surface area contributed by atoms with E-state index in [1.807, 2.05) is 25.1 Å². The lowest BCUT2D eigenvalue weighted by Crippen LogP contribution is -2.51. The maximum atomic E-state index is 13.5. The van der Waals surface area contributed by atoms with Crippen LogP contribution in [0.1, 0.15) is 37.2 Å². The number of thiazole rings is 1. The van der Waals surface area contributed by atoms with E-state index in [2.05, 4.69) is 15.6 Å². The molecular weight excluding hydrogens is 460 g/mol. The van der Waals surface area contributed by atoms with Crippen LogP contribution in [0.2, 0.25) is 5.02 Å². The molecule has 9 heteroatoms. The van der Waals surface area contributed by atoms with E-state index in [9.17, 15) is 14.4 Å². The summed E-state index contributed by atoms with van der Waals surface area (Å²) in [5.41, 5.74) is 3.33. The van der Waals surface area contributed by atoms with Crippen LogP contribution in [0.4, 0.5) is 5.69 Å². The SMILES string of the molecule is Cc1nc(C)c(C(=O)N[C@@H]2CCN3C(=O)c4cc(-c5ccc(Cl)cc5)ccc4NC(=O)[C@H]23)s1. The van der Waals surface area contributed by atoms with E-state index in [-0.39, 0.29) is 17.7 Å². The minimum absolute atomic E-state index is 0.231. The van der Waals surface area contributed by atoms with E-state index in [4.69, 9.17) is 11.6 Å². The lowest BCUT2D eigenvalue weighted by atomic mass is 10.0. The molecule has 1 saturated heterocycles. The number of anilines is 1. The van der Waals surface area contributed by atoms with Crippen molar-refractivity contribution in [1.82, 2.24) is 15.2 Å². The quantitative estimate of drug-likeness (QED) is 0.591. The fraction of sp³-hybridized carbons (Fsp3) is 0.250. The van der Waals surface area contributed by atoms with Gasteiger partial charge in [0.25, 0.3) is 11.8 Å². The monoisotopic (exact) mass is 480 g/mol. The van der Waals surface area contributed by atoms with Gasteiger partial charge in [-0.05, 0) is 55.7 Å². The van der Waals surface area contributed by atoms with Crippen molar-refractivity contribution in [1.29, 1.82) is 0 Å². The first-order valence-electron chi connectivity index (χ1n) is 10.6. The molecule has 1 fully saturated rings. The van der Waals surface area contributed by atoms with Gasteiger partial charge >= 0.3 is 0 Å². The van der Waals surface area contributed by atoms with Gasteiger partial charge < -0.3 is 15.5 Å². The van der Waals surface area contributed by atoms with Crippen molar-refractivity contribution in [2.24, 2.45) is 0 Å². The van der Waals surface area contributed by atoms with Crippen molar-refractivity contribution in [2.45, 2.75) is 32.4 Å². The Labute approximate surface area is 199 Å². The van der Waals surface area contributed by atoms with E-state index in [1.54, 1.807) is 36.1 Å². The van der Waals surface area contributed by atoms with Crippen molar-refractivity contribution in [3.8, 4) is 11.1 Å². The second kappa shape index (κ2) is 8.28. The third-order valence-electron chi connectivity index (χ3n) is 6.04. The minimum atomic E-state index is -0.776. The first-order valence-corrected chi connectivity index (χ1v) is 11.8. The van der Waals surface area contributed by atoms with Gasteiger partial charge in [0.1, 0.15) is 10.9 Å². The molecule has 0 saturated carbocycles. The standard InChI is InChI=1S/C24H21ClN4O3S/c1-12-21(33-13(2)26-12)23(31)28-19-9-10-29-20(19)22(30)27-18-8-5-15(11-17(18)24(29)32)14-3-6-16(25)7-4-14/h3-8,11,19-20H,9-10H2,1-2H3,(H,27,30)(H,28,31)/t19-,20+/m1/s1. The van der Waals surface area contributed by atoms with Crippen LogP contribution < -0.4 is 10.6 Å². The number of benzene rings is 2. The summed E-state index contributed by atoms with van der Waals surface area (Å²) in [5.74, 6) is -0.802. The van der Waals surface area contributed by atoms with Crippen molar-refractivity contribution in [2.75, 3.05) is 11.9 Å². The Morgan fingerprint density at radius 2 is 1.88 bits per heavy atom. The summed E-state index contributed by atoms with van der Waals surface area (Å²) in [7, 11) is 0. The van der Waals surface area contributed by atoms with Crippen molar-refractivity contribution >= 4 is 46.3 Å². The molecule has 2 N–H and O–H groups in total. The summed E-state index contributed by atoms with van der Waals surface area (Å²) < 4.78 is 0. The zero-order valence-electron chi connectivity index (χ0n) is 18.0. The topological polar surface area (TPSA) is 91.4 Å². The van der Waals surface area contributed by atoms with Crippen LogP contribution >= 0.6 is 22.9 Å². The second-order valence-corrected chi connectivity index (χ2v) is 9.86. The Kier molecular flexibility index (Phi) is 5.42. The number of amides is 3. The van der Waals surface area contributed by atoms with Crippen LogP contribution in [0.25, 0.3) is 11.1 Å². The first kappa shape index (κ1) is 21.6. The molecule has 7 nitrogen and oxygen atoms in total. The Bertz CT molecular complexity index is 1290. The van der Waals surface area contributed by atoms with Crippen LogP contribution in [-0.4, -0.2) is 46.2 Å². The summed E-state index contributed by atoms with van der Waals surface area (Å²) in [6.07, 6.45) is 0.499. The molecule has 2 aliphatic rings. The van der Waals surface area contributed by atoms with Crippen LogP contribution in [-0.2, 0) is 4.79 Å². The van der Waals surface area contributed by atoms with Crippen molar-refractivity contribution < 1.29 is 14.4 Å². The molecule has 1 aromatic heterocycles. The highest BCUT2D eigenvalue weighted by Gasteiger charge is 2.45. The molecule has 0 unspecified atom stereocenters. The Morgan fingerprint density at radius 1 is 1.15 bits per heavy atom. The number of aryl methyl sites for hydroxylation is 2. The number of nitrogens with zero attached hydrogens (tertiary/aromatic N) is 2. The number of fused-ring (bicyclic) bond motifs is 2. The van der Waals surface area contributed by atoms with Gasteiger partial charge in [0.15, 0.2) is 0 Å². The number of aromatic nitrogens is 1. The van der Waals surface area contributed by atoms with E-state index < -0.39 is 12.1 Å². The van der Waals surface area contributed by atoms with Gasteiger partial charge in [-0.25, -0.2) is 4.98 Å². The molecule has 33 heavy (non-hydrogen) atoms. The van der Waals surface area contributed by atoms with Crippen LogP contribution in [0.15, 0.2) is 42.5 Å². The predicted octanol–water partition coefficient (Wildman–Crippen LogP) is 4.05. The summed E-state index contributed by atoms with van der Waals surface area (Å²) in [4.78, 5) is 45.8. The second-order valence-electron chi connectivity index (χ2n) is 8.22. The van der Waals surface area contributed by atoms with E-state index in [1.165, 1.54) is 11.3 Å². The number of hydrogen-bond acceptors (Lipinski definition) is 5. The average molecular weight is 481 g/mol. The molecule has 2 aromatic carbocycles. The number of carbonyl (C=O) groups excluding carboxylic acids is 3. The summed E-state index contributed by atoms with van der Waals surface area (Å²) in [6.45, 7) is 4.02. The maximum absolute atomic E-state index is 13.5. The van der Waals surface area contributed by atoms with Crippen LogP contribution in [0.5, 0.6) is 0 Å². The van der Waals surface area contributed by atoms with Gasteiger partial charge in [0, 0.05) is 11.6 Å². The van der Waals surface area contributed by atoms with E-state index in [0.29, 0.717) is 39.8 Å². The fourth-order valence-electron chi connectivity index (χ4n) is 4.48. The fourth-order valence-corrected chi connectivity index (χ4v) is 5.43. The molecular formula is C24H21ClN4O3S. The predicted molar refractivity (Wildman–Crippen MR) is 128 cm³/mol. The highest BCUT2D eigenvalue weighted by molar-refractivity contribution is 7.13. The number of rotatable bonds is 3. The summed E-state index contributed by atoms with van der Waals surface area (Å²) in [5, 5.41) is 7.29. The van der Waals surface area contributed by atoms with Gasteiger partial charge in [-0.2, -0.15) is 0 Å². The van der Waals surface area contributed by atoms with E-state index in [0.717, 1.165) is 16.1 Å². The maximum Gasteiger partial charge on any atom is 0.263 e. The Balaban J connectivity index is 1.42. The molecule has 0 bridgehead atoms. The van der Waals surface area contributed by atoms with Crippen molar-refractivity contribution in [3.63, 3.8) is 0 Å². The molecule has 3 heterocycles. The summed E-state index contributed by atoms with van der Waals surface area (Å²) >= 11 is 7.31. The molecule has 168 valence electrons. The zero-order valence-corrected chi connectivity index (χ0v) is 19.6. The van der Waals surface area contributed by atoms with Crippen LogP contribution in [0, 0.1) is 13.8 Å². The largest absolute Gasteiger partial charge is 0.346 e. The number of hydrogen-bond donors (Lipinski definition) is 2. The molecule has 3 aromatic rings. The lowest BCUT2D eigenvalue weighted by molar-refractivity contribution is -0.120. The number of carbonyl (C=O) groups is 3. The third-order valence-corrected chi connectivity index (χ3v) is 7.36. The van der Waals surface area contributed by atoms with Crippen LogP contribution in [0.3, 0.4) is 0 Å². The number of halogens is 1. The molecule has 3 amide bonds. The highest BCUT2D eigenvalue weighted by Crippen LogP contribution is 2.33. The van der Waals surface area contributed by atoms with E-state index >= 15 is 0 Å². The zero-order chi connectivity index (χ0) is 23.3. The Morgan fingerprint density at radius 3 is 2.58 bits per heavy atom. The van der Waals surface area contributed by atoms with Gasteiger partial charge in [-0.3, -0.25) is 14.4 Å². The lowest BCUT2D eigenvalue weighted by Gasteiger charge is -2.24. The van der Waals surface area contributed by atoms with Gasteiger partial charge in [0.05, 0.1) is 28.0 Å². The molecule has 0 spiro atoms. The smallest absolute Gasteiger partial charge is 0.263 e. The number of nitrogens with one attached hydrogen (secondary N) is 2. The normalized spacial score (nSPS) is 19.5.